The van der Waals surface area contributed by atoms with Gasteiger partial charge in [-0.2, -0.15) is 0 Å². The highest BCUT2D eigenvalue weighted by molar-refractivity contribution is 8.01. The Labute approximate surface area is 295 Å². The average molecular weight is 709 g/mol. The monoisotopic (exact) mass is 708 g/mol. The number of aliphatic hydroxyl groups excluding tert-OH is 1. The quantitative estimate of drug-likeness (QED) is 0.130. The van der Waals surface area contributed by atoms with Gasteiger partial charge in [0.25, 0.3) is 0 Å². The molecule has 5 aromatic carbocycles. The minimum atomic E-state index is -3.63. The van der Waals surface area contributed by atoms with E-state index in [1.807, 2.05) is 84.9 Å². The Hall–Kier alpha value is -3.87. The zero-order chi connectivity index (χ0) is 33.8. The predicted molar refractivity (Wildman–Crippen MR) is 196 cm³/mol. The molecule has 10 heteroatoms. The number of fused-ring (bicyclic) bond motifs is 1. The Kier molecular flexibility index (Phi) is 10.2. The molecule has 0 amide bonds. The van der Waals surface area contributed by atoms with Crippen molar-refractivity contribution in [3.63, 3.8) is 0 Å². The zero-order valence-corrected chi connectivity index (χ0v) is 29.3. The van der Waals surface area contributed by atoms with Crippen LogP contribution in [0.2, 0.25) is 0 Å². The number of rotatable bonds is 11. The molecular weight excluding hydrogens is 673 g/mol. The molecule has 1 saturated heterocycles. The van der Waals surface area contributed by atoms with Gasteiger partial charge < -0.3 is 14.6 Å². The van der Waals surface area contributed by atoms with E-state index in [4.69, 9.17) is 14.5 Å². The van der Waals surface area contributed by atoms with E-state index in [1.165, 1.54) is 4.70 Å². The number of aliphatic hydroxyl groups is 1. The maximum absolute atomic E-state index is 12.8. The smallest absolute Gasteiger partial charge is 0.240 e. The lowest BCUT2D eigenvalue weighted by atomic mass is 9.91. The summed E-state index contributed by atoms with van der Waals surface area (Å²) in [5, 5.41) is 9.61. The maximum Gasteiger partial charge on any atom is 0.240 e. The summed E-state index contributed by atoms with van der Waals surface area (Å²) in [6, 6.07) is 40.5. The molecule has 49 heavy (non-hydrogen) atoms. The standard InChI is InChI=1S/C39H36N2O5S3/c1-26-35(25-47-39-41-34-15-5-6-16-36(34)48-39)45-38(46-37(26)29-19-17-27(24-42)18-20-29)32-12-8-11-31(22-32)30-10-7-9-28(21-30)23-40-49(43,44)33-13-3-2-4-14-33/h2-22,26,35,37-38,40,42H,23-25H2,1H3/t26-,35+,37+,38+/m1/s1. The van der Waals surface area contributed by atoms with Crippen LogP contribution in [-0.4, -0.2) is 30.4 Å². The van der Waals surface area contributed by atoms with Crippen LogP contribution < -0.4 is 4.72 Å². The van der Waals surface area contributed by atoms with Gasteiger partial charge in [0.15, 0.2) is 10.6 Å². The fraction of sp³-hybridized carbons (Fsp3) is 0.205. The summed E-state index contributed by atoms with van der Waals surface area (Å²) in [6.45, 7) is 2.32. The highest BCUT2D eigenvalue weighted by Gasteiger charge is 2.38. The fourth-order valence-electron chi connectivity index (χ4n) is 5.96. The van der Waals surface area contributed by atoms with Gasteiger partial charge in [-0.05, 0) is 64.2 Å². The van der Waals surface area contributed by atoms with Crippen molar-refractivity contribution in [3.8, 4) is 11.1 Å². The summed E-state index contributed by atoms with van der Waals surface area (Å²) in [5.41, 5.74) is 6.57. The molecule has 0 aliphatic carbocycles. The number of para-hydroxylation sites is 1. The summed E-state index contributed by atoms with van der Waals surface area (Å²) < 4.78 is 44.0. The van der Waals surface area contributed by atoms with Crippen LogP contribution in [0.4, 0.5) is 0 Å². The number of thiazole rings is 1. The van der Waals surface area contributed by atoms with Crippen molar-refractivity contribution < 1.29 is 23.0 Å². The van der Waals surface area contributed by atoms with Crippen LogP contribution in [0.1, 0.15) is 41.6 Å². The summed E-state index contributed by atoms with van der Waals surface area (Å²) >= 11 is 3.40. The number of sulfonamides is 1. The summed E-state index contributed by atoms with van der Waals surface area (Å²) in [5.74, 6) is 0.768. The van der Waals surface area contributed by atoms with Crippen LogP contribution in [0, 0.1) is 5.92 Å². The predicted octanol–water partition coefficient (Wildman–Crippen LogP) is 8.52. The lowest BCUT2D eigenvalue weighted by molar-refractivity contribution is -0.268. The van der Waals surface area contributed by atoms with Gasteiger partial charge in [0.2, 0.25) is 10.0 Å². The molecule has 0 bridgehead atoms. The Morgan fingerprint density at radius 2 is 1.53 bits per heavy atom. The molecule has 7 rings (SSSR count). The van der Waals surface area contributed by atoms with E-state index >= 15 is 0 Å². The zero-order valence-electron chi connectivity index (χ0n) is 26.8. The van der Waals surface area contributed by atoms with E-state index in [1.54, 1.807) is 53.4 Å². The highest BCUT2D eigenvalue weighted by atomic mass is 32.2. The normalized spacial score (nSPS) is 19.6. The van der Waals surface area contributed by atoms with E-state index in [9.17, 15) is 13.5 Å². The molecular formula is C39H36N2O5S3. The lowest BCUT2D eigenvalue weighted by Crippen LogP contribution is -2.38. The second-order valence-corrected chi connectivity index (χ2v) is 16.1. The van der Waals surface area contributed by atoms with Gasteiger partial charge >= 0.3 is 0 Å². The van der Waals surface area contributed by atoms with Gasteiger partial charge in [-0.3, -0.25) is 0 Å². The van der Waals surface area contributed by atoms with E-state index in [-0.39, 0.29) is 36.2 Å². The Morgan fingerprint density at radius 1 is 0.796 bits per heavy atom. The minimum Gasteiger partial charge on any atom is -0.392 e. The van der Waals surface area contributed by atoms with E-state index < -0.39 is 16.3 Å². The Bertz CT molecular complexity index is 2100. The second-order valence-electron chi connectivity index (χ2n) is 12.0. The first-order valence-electron chi connectivity index (χ1n) is 16.1. The van der Waals surface area contributed by atoms with Crippen molar-refractivity contribution >= 4 is 43.3 Å². The summed E-state index contributed by atoms with van der Waals surface area (Å²) in [4.78, 5) is 5.06. The molecule has 0 spiro atoms. The molecule has 4 atom stereocenters. The lowest BCUT2D eigenvalue weighted by Gasteiger charge is -2.41. The molecule has 0 radical (unpaired) electrons. The van der Waals surface area contributed by atoms with E-state index in [2.05, 4.69) is 23.8 Å². The van der Waals surface area contributed by atoms with Crippen molar-refractivity contribution in [2.75, 3.05) is 5.75 Å². The summed E-state index contributed by atoms with van der Waals surface area (Å²) in [7, 11) is -3.63. The molecule has 0 saturated carbocycles. The van der Waals surface area contributed by atoms with Crippen molar-refractivity contribution in [1.29, 1.82) is 0 Å². The number of thioether (sulfide) groups is 1. The molecule has 1 aliphatic heterocycles. The molecule has 0 unspecified atom stereocenters. The SMILES string of the molecule is C[C@@H]1[C@H](CSc2nc3ccccc3s2)O[C@H](c2cccc(-c3cccc(CNS(=O)(=O)c4ccccc4)c3)c2)O[C@@H]1c1ccc(CO)cc1. The number of ether oxygens (including phenoxy) is 2. The van der Waals surface area contributed by atoms with Crippen LogP contribution in [0.5, 0.6) is 0 Å². The molecule has 1 aliphatic rings. The van der Waals surface area contributed by atoms with E-state index in [0.29, 0.717) is 5.75 Å². The second kappa shape index (κ2) is 14.9. The van der Waals surface area contributed by atoms with E-state index in [0.717, 1.165) is 43.2 Å². The Morgan fingerprint density at radius 3 is 2.31 bits per heavy atom. The first-order valence-corrected chi connectivity index (χ1v) is 19.4. The third kappa shape index (κ3) is 7.81. The van der Waals surface area contributed by atoms with Gasteiger partial charge in [0.1, 0.15) is 0 Å². The fourth-order valence-corrected chi connectivity index (χ4v) is 9.26. The molecule has 1 aromatic heterocycles. The van der Waals surface area contributed by atoms with Gasteiger partial charge in [-0.15, -0.1) is 11.3 Å². The van der Waals surface area contributed by atoms with Gasteiger partial charge in [-0.25, -0.2) is 18.1 Å². The van der Waals surface area contributed by atoms with Crippen molar-refractivity contribution in [2.24, 2.45) is 5.92 Å². The number of nitrogens with one attached hydrogen (secondary N) is 1. The summed E-state index contributed by atoms with van der Waals surface area (Å²) in [6.07, 6.45) is -0.958. The topological polar surface area (TPSA) is 97.8 Å². The maximum atomic E-state index is 12.8. The van der Waals surface area contributed by atoms with Crippen molar-refractivity contribution in [2.45, 2.75) is 47.8 Å². The highest BCUT2D eigenvalue weighted by Crippen LogP contribution is 2.44. The first-order chi connectivity index (χ1) is 23.9. The first kappa shape index (κ1) is 33.6. The number of hydrogen-bond donors (Lipinski definition) is 2. The van der Waals surface area contributed by atoms with Crippen molar-refractivity contribution in [1.82, 2.24) is 9.71 Å². The molecule has 6 aromatic rings. The van der Waals surface area contributed by atoms with Gasteiger partial charge in [0.05, 0.1) is 33.9 Å². The van der Waals surface area contributed by atoms with Crippen LogP contribution >= 0.6 is 23.1 Å². The third-order valence-corrected chi connectivity index (χ3v) is 12.4. The molecule has 250 valence electrons. The Balaban J connectivity index is 1.12. The molecule has 1 fully saturated rings. The largest absolute Gasteiger partial charge is 0.392 e. The number of benzene rings is 5. The average Bonchev–Trinajstić information content (AvgIpc) is 3.57. The third-order valence-electron chi connectivity index (χ3n) is 8.71. The molecule has 7 nitrogen and oxygen atoms in total. The number of aromatic nitrogens is 1. The number of nitrogens with zero attached hydrogens (tertiary/aromatic N) is 1. The van der Waals surface area contributed by atoms with Crippen molar-refractivity contribution in [3.05, 3.63) is 150 Å². The molecule has 2 N–H and O–H groups in total. The minimum absolute atomic E-state index is 0.0125. The van der Waals surface area contributed by atoms with Gasteiger partial charge in [-0.1, -0.05) is 110 Å². The van der Waals surface area contributed by atoms with Crippen LogP contribution in [-0.2, 0) is 32.6 Å². The van der Waals surface area contributed by atoms with Crippen LogP contribution in [0.3, 0.4) is 0 Å². The molecule has 2 heterocycles. The number of hydrogen-bond acceptors (Lipinski definition) is 8. The van der Waals surface area contributed by atoms with Gasteiger partial charge in [0, 0.05) is 23.8 Å². The van der Waals surface area contributed by atoms with Crippen LogP contribution in [0.15, 0.2) is 137 Å². The van der Waals surface area contributed by atoms with Crippen LogP contribution in [0.25, 0.3) is 21.3 Å².